The molecule has 2 heterocycles. The first-order chi connectivity index (χ1) is 13.8. The smallest absolute Gasteiger partial charge is 0.343 e. The van der Waals surface area contributed by atoms with Gasteiger partial charge in [-0.3, -0.25) is 14.5 Å². The molecule has 3 rings (SSSR count). The Balaban J connectivity index is 1.37. The predicted octanol–water partition coefficient (Wildman–Crippen LogP) is 1.68. The first kappa shape index (κ1) is 21.6. The maximum atomic E-state index is 12.6. The highest BCUT2D eigenvalue weighted by molar-refractivity contribution is 5.96. The molecule has 1 N–H and O–H groups in total. The number of nitrogens with zero attached hydrogens (tertiary/aromatic N) is 3. The maximum Gasteiger partial charge on any atom is 0.416 e. The van der Waals surface area contributed by atoms with Crippen LogP contribution in [-0.4, -0.2) is 85.4 Å². The fourth-order valence-corrected chi connectivity index (χ4v) is 3.69. The highest BCUT2D eigenvalue weighted by atomic mass is 19.4. The van der Waals surface area contributed by atoms with Crippen LogP contribution in [0.4, 0.5) is 13.2 Å². The number of benzene rings is 1. The molecule has 2 amide bonds. The Morgan fingerprint density at radius 1 is 0.862 bits per heavy atom. The third kappa shape index (κ3) is 6.17. The molecule has 0 unspecified atom stereocenters. The molecule has 0 bridgehead atoms. The molecule has 0 atom stereocenters. The maximum absolute atomic E-state index is 12.6. The van der Waals surface area contributed by atoms with Gasteiger partial charge in [-0.2, -0.15) is 13.2 Å². The molecule has 1 aromatic rings. The highest BCUT2D eigenvalue weighted by Gasteiger charge is 2.30. The minimum atomic E-state index is -4.44. The number of amides is 2. The molecule has 0 aromatic heterocycles. The van der Waals surface area contributed by atoms with Crippen LogP contribution in [0.25, 0.3) is 0 Å². The third-order valence-electron chi connectivity index (χ3n) is 5.53. The molecular formula is C20H27F3N4O2. The van der Waals surface area contributed by atoms with E-state index in [-0.39, 0.29) is 18.0 Å². The zero-order valence-electron chi connectivity index (χ0n) is 16.4. The Morgan fingerprint density at radius 3 is 1.97 bits per heavy atom. The van der Waals surface area contributed by atoms with Gasteiger partial charge in [0.15, 0.2) is 0 Å². The van der Waals surface area contributed by atoms with Crippen LogP contribution in [0.2, 0.25) is 0 Å². The molecule has 0 saturated carbocycles. The lowest BCUT2D eigenvalue weighted by Gasteiger charge is -2.35. The fraction of sp³-hybridized carbons (Fsp3) is 0.600. The zero-order valence-corrected chi connectivity index (χ0v) is 16.4. The molecular weight excluding hydrogens is 385 g/mol. The lowest BCUT2D eigenvalue weighted by atomic mass is 10.1. The van der Waals surface area contributed by atoms with Crippen LogP contribution < -0.4 is 5.32 Å². The minimum absolute atomic E-state index is 0.0949. The summed E-state index contributed by atoms with van der Waals surface area (Å²) in [4.78, 5) is 30.9. The molecule has 2 saturated heterocycles. The fourth-order valence-electron chi connectivity index (χ4n) is 3.69. The van der Waals surface area contributed by atoms with Gasteiger partial charge in [0.25, 0.3) is 5.91 Å². The van der Waals surface area contributed by atoms with Gasteiger partial charge in [-0.05, 0) is 50.2 Å². The lowest BCUT2D eigenvalue weighted by molar-refractivity contribution is -0.137. The molecule has 2 aliphatic heterocycles. The number of alkyl halides is 3. The summed E-state index contributed by atoms with van der Waals surface area (Å²) < 4.78 is 37.7. The molecule has 6 nitrogen and oxygen atoms in total. The molecule has 160 valence electrons. The number of likely N-dealkylation sites (tertiary alicyclic amines) is 1. The average molecular weight is 412 g/mol. The monoisotopic (exact) mass is 412 g/mol. The van der Waals surface area contributed by atoms with Crippen molar-refractivity contribution in [1.82, 2.24) is 20.0 Å². The standard InChI is InChI=1S/C20H27F3N4O2/c21-20(22,23)17-5-3-16(4-6-17)19(29)24-15-18(28)27-13-11-26(12-14-27)10-9-25-7-1-2-8-25/h3-6H,1-2,7-15H2,(H,24,29). The van der Waals surface area contributed by atoms with Crippen molar-refractivity contribution in [3.05, 3.63) is 35.4 Å². The summed E-state index contributed by atoms with van der Waals surface area (Å²) in [5, 5.41) is 2.50. The summed E-state index contributed by atoms with van der Waals surface area (Å²) in [5.74, 6) is -0.735. The number of carbonyl (C=O) groups excluding carboxylic acids is 2. The quantitative estimate of drug-likeness (QED) is 0.773. The molecule has 0 spiro atoms. The Kier molecular flexibility index (Phi) is 7.13. The highest BCUT2D eigenvalue weighted by Crippen LogP contribution is 2.29. The van der Waals surface area contributed by atoms with Gasteiger partial charge in [-0.1, -0.05) is 0 Å². The summed E-state index contributed by atoms with van der Waals surface area (Å²) in [6.45, 7) is 7.13. The van der Waals surface area contributed by atoms with Crippen LogP contribution in [0, 0.1) is 0 Å². The van der Waals surface area contributed by atoms with Crippen LogP contribution in [-0.2, 0) is 11.0 Å². The number of halogens is 3. The Bertz CT molecular complexity index is 695. The average Bonchev–Trinajstić information content (AvgIpc) is 3.24. The van der Waals surface area contributed by atoms with Gasteiger partial charge >= 0.3 is 6.18 Å². The predicted molar refractivity (Wildman–Crippen MR) is 102 cm³/mol. The van der Waals surface area contributed by atoms with Crippen molar-refractivity contribution < 1.29 is 22.8 Å². The number of rotatable bonds is 6. The van der Waals surface area contributed by atoms with E-state index in [4.69, 9.17) is 0 Å². The van der Waals surface area contributed by atoms with Gasteiger partial charge in [0.1, 0.15) is 0 Å². The Morgan fingerprint density at radius 2 is 1.41 bits per heavy atom. The largest absolute Gasteiger partial charge is 0.416 e. The van der Waals surface area contributed by atoms with E-state index in [9.17, 15) is 22.8 Å². The van der Waals surface area contributed by atoms with Crippen LogP contribution in [0.15, 0.2) is 24.3 Å². The van der Waals surface area contributed by atoms with Gasteiger partial charge in [-0.15, -0.1) is 0 Å². The zero-order chi connectivity index (χ0) is 20.9. The third-order valence-corrected chi connectivity index (χ3v) is 5.53. The minimum Gasteiger partial charge on any atom is -0.343 e. The summed E-state index contributed by atoms with van der Waals surface area (Å²) in [6.07, 6.45) is -1.89. The first-order valence-electron chi connectivity index (χ1n) is 10.0. The number of nitrogens with one attached hydrogen (secondary N) is 1. The van der Waals surface area contributed by atoms with E-state index in [1.165, 1.54) is 25.9 Å². The molecule has 1 aromatic carbocycles. The van der Waals surface area contributed by atoms with Crippen molar-refractivity contribution in [2.45, 2.75) is 19.0 Å². The van der Waals surface area contributed by atoms with Crippen LogP contribution in [0.5, 0.6) is 0 Å². The topological polar surface area (TPSA) is 55.9 Å². The van der Waals surface area contributed by atoms with E-state index >= 15 is 0 Å². The second-order valence-corrected chi connectivity index (χ2v) is 7.53. The number of piperazine rings is 1. The molecule has 0 radical (unpaired) electrons. The number of carbonyl (C=O) groups is 2. The second kappa shape index (κ2) is 9.58. The summed E-state index contributed by atoms with van der Waals surface area (Å²) in [6, 6.07) is 3.94. The van der Waals surface area contributed by atoms with E-state index in [1.807, 2.05) is 0 Å². The summed E-state index contributed by atoms with van der Waals surface area (Å²) in [5.41, 5.74) is -0.717. The van der Waals surface area contributed by atoms with E-state index in [0.717, 1.165) is 50.4 Å². The van der Waals surface area contributed by atoms with Crippen LogP contribution >= 0.6 is 0 Å². The number of hydrogen-bond donors (Lipinski definition) is 1. The van der Waals surface area contributed by atoms with E-state index in [1.54, 1.807) is 4.90 Å². The van der Waals surface area contributed by atoms with Gasteiger partial charge in [0.2, 0.25) is 5.91 Å². The molecule has 2 aliphatic rings. The van der Waals surface area contributed by atoms with E-state index in [0.29, 0.717) is 13.1 Å². The van der Waals surface area contributed by atoms with E-state index in [2.05, 4.69) is 15.1 Å². The summed E-state index contributed by atoms with van der Waals surface area (Å²) in [7, 11) is 0. The van der Waals surface area contributed by atoms with Crippen molar-refractivity contribution >= 4 is 11.8 Å². The normalized spacial score (nSPS) is 18.8. The summed E-state index contributed by atoms with van der Waals surface area (Å²) >= 11 is 0. The van der Waals surface area contributed by atoms with E-state index < -0.39 is 17.6 Å². The Hall–Kier alpha value is -2.13. The van der Waals surface area contributed by atoms with Crippen molar-refractivity contribution in [3.63, 3.8) is 0 Å². The van der Waals surface area contributed by atoms with Crippen molar-refractivity contribution in [3.8, 4) is 0 Å². The van der Waals surface area contributed by atoms with Crippen molar-refractivity contribution in [2.75, 3.05) is 58.9 Å². The van der Waals surface area contributed by atoms with Crippen LogP contribution in [0.1, 0.15) is 28.8 Å². The Labute approximate surface area is 168 Å². The second-order valence-electron chi connectivity index (χ2n) is 7.53. The van der Waals surface area contributed by atoms with Crippen LogP contribution in [0.3, 0.4) is 0 Å². The molecule has 9 heteroatoms. The first-order valence-corrected chi connectivity index (χ1v) is 10.0. The molecule has 2 fully saturated rings. The van der Waals surface area contributed by atoms with Gasteiger partial charge in [0, 0.05) is 44.8 Å². The lowest BCUT2D eigenvalue weighted by Crippen LogP contribution is -2.52. The van der Waals surface area contributed by atoms with Gasteiger partial charge < -0.3 is 15.1 Å². The van der Waals surface area contributed by atoms with Gasteiger partial charge in [0.05, 0.1) is 12.1 Å². The van der Waals surface area contributed by atoms with Crippen molar-refractivity contribution in [1.29, 1.82) is 0 Å². The van der Waals surface area contributed by atoms with Gasteiger partial charge in [-0.25, -0.2) is 0 Å². The SMILES string of the molecule is O=C(NCC(=O)N1CCN(CCN2CCCC2)CC1)c1ccc(C(F)(F)F)cc1. The van der Waals surface area contributed by atoms with Crippen molar-refractivity contribution in [2.24, 2.45) is 0 Å². The number of hydrogen-bond acceptors (Lipinski definition) is 4. The molecule has 29 heavy (non-hydrogen) atoms. The molecule has 0 aliphatic carbocycles.